The average Bonchev–Trinajstić information content (AvgIpc) is 3.62. The molecule has 212 valence electrons. The van der Waals surface area contributed by atoms with Crippen LogP contribution in [-0.2, 0) is 26.4 Å². The van der Waals surface area contributed by atoms with E-state index in [1.807, 2.05) is 31.3 Å². The van der Waals surface area contributed by atoms with Crippen LogP contribution in [0.4, 0.5) is 0 Å². The molecule has 41 heavy (non-hydrogen) atoms. The molecule has 1 unspecified atom stereocenters. The maximum absolute atomic E-state index is 13.9. The summed E-state index contributed by atoms with van der Waals surface area (Å²) < 4.78 is 3.81. The summed E-state index contributed by atoms with van der Waals surface area (Å²) in [4.78, 5) is 45.7. The first-order valence-electron chi connectivity index (χ1n) is 14.6. The maximum Gasteiger partial charge on any atom is 0.274 e. The molecule has 0 saturated heterocycles. The molecule has 0 fully saturated rings. The van der Waals surface area contributed by atoms with Crippen LogP contribution < -0.4 is 16.4 Å². The van der Waals surface area contributed by atoms with Gasteiger partial charge in [-0.3, -0.25) is 14.4 Å². The quantitative estimate of drug-likeness (QED) is 0.243. The summed E-state index contributed by atoms with van der Waals surface area (Å²) in [5, 5.41) is 4.76. The van der Waals surface area contributed by atoms with Crippen molar-refractivity contribution in [2.75, 3.05) is 0 Å². The SMILES string of the molecule is CCCC(C)n1ccc2c(C(=O)NCc3c4c(c(C)[nH]c3=O)CCCC4)cc(-c3cn(C)c(=O)c4[nH]ccc34)cc21. The van der Waals surface area contributed by atoms with Crippen LogP contribution in [0.5, 0.6) is 0 Å². The highest BCUT2D eigenvalue weighted by atomic mass is 16.2. The van der Waals surface area contributed by atoms with Gasteiger partial charge in [-0.1, -0.05) is 13.3 Å². The standard InChI is InChI=1S/C33H37N5O3/c1-5-8-19(2)38-14-12-24-26(31(39)35-17-27-23-10-7-6-9-22(23)20(3)36-32(27)40)15-21(16-29(24)38)28-18-37(4)33(41)30-25(28)11-13-34-30/h11-16,18-19,34H,5-10,17H2,1-4H3,(H,35,39)(H,36,40). The van der Waals surface area contributed by atoms with Crippen LogP contribution in [0.1, 0.15) is 78.3 Å². The average molecular weight is 552 g/mol. The van der Waals surface area contributed by atoms with Gasteiger partial charge in [0.25, 0.3) is 17.0 Å². The van der Waals surface area contributed by atoms with Crippen molar-refractivity contribution in [3.63, 3.8) is 0 Å². The predicted octanol–water partition coefficient (Wildman–Crippen LogP) is 5.65. The van der Waals surface area contributed by atoms with Crippen molar-refractivity contribution in [1.29, 1.82) is 0 Å². The van der Waals surface area contributed by atoms with Gasteiger partial charge in [-0.05, 0) is 86.9 Å². The minimum atomic E-state index is -0.225. The number of pyridine rings is 2. The Kier molecular flexibility index (Phi) is 6.93. The number of rotatable bonds is 7. The van der Waals surface area contributed by atoms with Crippen LogP contribution in [0.3, 0.4) is 0 Å². The molecule has 0 aliphatic heterocycles. The zero-order chi connectivity index (χ0) is 28.8. The number of nitrogens with zero attached hydrogens (tertiary/aromatic N) is 2. The number of fused-ring (bicyclic) bond motifs is 3. The van der Waals surface area contributed by atoms with E-state index in [9.17, 15) is 14.4 Å². The number of aryl methyl sites for hydroxylation is 2. The van der Waals surface area contributed by atoms with Gasteiger partial charge in [-0.25, -0.2) is 0 Å². The van der Waals surface area contributed by atoms with Gasteiger partial charge >= 0.3 is 0 Å². The summed E-state index contributed by atoms with van der Waals surface area (Å²) in [6.45, 7) is 6.50. The van der Waals surface area contributed by atoms with Crippen molar-refractivity contribution in [2.24, 2.45) is 7.05 Å². The Morgan fingerprint density at radius 3 is 2.66 bits per heavy atom. The first-order chi connectivity index (χ1) is 19.8. The summed E-state index contributed by atoms with van der Waals surface area (Å²) >= 11 is 0. The summed E-state index contributed by atoms with van der Waals surface area (Å²) in [5.74, 6) is -0.225. The molecule has 1 aliphatic carbocycles. The van der Waals surface area contributed by atoms with Crippen LogP contribution in [0.25, 0.3) is 32.9 Å². The summed E-state index contributed by atoms with van der Waals surface area (Å²) in [6.07, 6.45) is 11.7. The van der Waals surface area contributed by atoms with Gasteiger partial charge in [0.15, 0.2) is 0 Å². The lowest BCUT2D eigenvalue weighted by Gasteiger charge is -2.21. The third-order valence-corrected chi connectivity index (χ3v) is 8.75. The molecule has 1 amide bonds. The van der Waals surface area contributed by atoms with Crippen LogP contribution in [-0.4, -0.2) is 25.0 Å². The fraction of sp³-hybridized carbons (Fsp3) is 0.364. The second kappa shape index (κ2) is 10.6. The van der Waals surface area contributed by atoms with Gasteiger partial charge in [-0.15, -0.1) is 0 Å². The molecule has 1 atom stereocenters. The topological polar surface area (TPSA) is 105 Å². The highest BCUT2D eigenvalue weighted by molar-refractivity contribution is 6.09. The lowest BCUT2D eigenvalue weighted by atomic mass is 9.88. The molecule has 4 heterocycles. The van der Waals surface area contributed by atoms with E-state index < -0.39 is 0 Å². The molecule has 0 radical (unpaired) electrons. The molecule has 8 nitrogen and oxygen atoms in total. The van der Waals surface area contributed by atoms with Gasteiger partial charge in [0.1, 0.15) is 5.52 Å². The molecule has 1 aromatic carbocycles. The molecule has 5 aromatic rings. The number of amides is 1. The monoisotopic (exact) mass is 551 g/mol. The summed E-state index contributed by atoms with van der Waals surface area (Å²) in [5.41, 5.74) is 7.48. The Bertz CT molecular complexity index is 1920. The van der Waals surface area contributed by atoms with Crippen molar-refractivity contribution in [3.05, 3.63) is 91.5 Å². The number of aromatic nitrogens is 4. The molecular weight excluding hydrogens is 514 g/mol. The number of carbonyl (C=O) groups is 1. The second-order valence-electron chi connectivity index (χ2n) is 11.4. The van der Waals surface area contributed by atoms with Gasteiger partial charge < -0.3 is 24.4 Å². The predicted molar refractivity (Wildman–Crippen MR) is 164 cm³/mol. The van der Waals surface area contributed by atoms with Crippen LogP contribution in [0.2, 0.25) is 0 Å². The van der Waals surface area contributed by atoms with Crippen molar-refractivity contribution in [1.82, 2.24) is 24.4 Å². The number of hydrogen-bond acceptors (Lipinski definition) is 3. The number of carbonyl (C=O) groups excluding carboxylic acids is 1. The Hall–Kier alpha value is -4.33. The zero-order valence-corrected chi connectivity index (χ0v) is 24.2. The molecule has 0 bridgehead atoms. The van der Waals surface area contributed by atoms with Gasteiger partial charge in [-0.2, -0.15) is 0 Å². The van der Waals surface area contributed by atoms with Crippen molar-refractivity contribution in [3.8, 4) is 11.1 Å². The van der Waals surface area contributed by atoms with Crippen molar-refractivity contribution in [2.45, 2.75) is 71.9 Å². The van der Waals surface area contributed by atoms with Crippen LogP contribution in [0, 0.1) is 6.92 Å². The van der Waals surface area contributed by atoms with E-state index in [-0.39, 0.29) is 29.6 Å². The summed E-state index contributed by atoms with van der Waals surface area (Å²) in [6, 6.07) is 8.20. The minimum Gasteiger partial charge on any atom is -0.357 e. The maximum atomic E-state index is 13.9. The zero-order valence-electron chi connectivity index (χ0n) is 24.2. The van der Waals surface area contributed by atoms with Crippen LogP contribution >= 0.6 is 0 Å². The lowest BCUT2D eigenvalue weighted by molar-refractivity contribution is 0.0952. The second-order valence-corrected chi connectivity index (χ2v) is 11.4. The number of H-pyrrole nitrogens is 2. The first kappa shape index (κ1) is 26.9. The largest absolute Gasteiger partial charge is 0.357 e. The van der Waals surface area contributed by atoms with E-state index in [2.05, 4.69) is 46.0 Å². The highest BCUT2D eigenvalue weighted by Crippen LogP contribution is 2.34. The van der Waals surface area contributed by atoms with E-state index in [0.717, 1.165) is 77.2 Å². The third kappa shape index (κ3) is 4.61. The van der Waals surface area contributed by atoms with E-state index in [4.69, 9.17) is 0 Å². The first-order valence-corrected chi connectivity index (χ1v) is 14.6. The lowest BCUT2D eigenvalue weighted by Crippen LogP contribution is -2.30. The molecule has 3 N–H and O–H groups in total. The van der Waals surface area contributed by atoms with Crippen LogP contribution in [0.15, 0.2) is 52.4 Å². The third-order valence-electron chi connectivity index (χ3n) is 8.75. The van der Waals surface area contributed by atoms with E-state index >= 15 is 0 Å². The molecule has 4 aromatic heterocycles. The molecule has 0 saturated carbocycles. The molecule has 1 aliphatic rings. The number of benzene rings is 1. The van der Waals surface area contributed by atoms with Crippen molar-refractivity contribution >= 4 is 27.7 Å². The van der Waals surface area contributed by atoms with Gasteiger partial charge in [0.2, 0.25) is 0 Å². The molecule has 8 heteroatoms. The van der Waals surface area contributed by atoms with Crippen molar-refractivity contribution < 1.29 is 4.79 Å². The smallest absolute Gasteiger partial charge is 0.274 e. The molecule has 0 spiro atoms. The molecule has 6 rings (SSSR count). The Morgan fingerprint density at radius 1 is 1.10 bits per heavy atom. The number of nitrogens with one attached hydrogen (secondary N) is 3. The van der Waals surface area contributed by atoms with Gasteiger partial charge in [0.05, 0.1) is 0 Å². The molecular formula is C33H37N5O3. The summed E-state index contributed by atoms with van der Waals surface area (Å²) in [7, 11) is 1.74. The Labute approximate surface area is 238 Å². The Morgan fingerprint density at radius 2 is 1.88 bits per heavy atom. The fourth-order valence-electron chi connectivity index (χ4n) is 6.61. The number of aromatic amines is 2. The Balaban J connectivity index is 1.46. The number of hydrogen-bond donors (Lipinski definition) is 3. The van der Waals surface area contributed by atoms with E-state index in [0.29, 0.717) is 16.6 Å². The fourth-order valence-corrected chi connectivity index (χ4v) is 6.61. The highest BCUT2D eigenvalue weighted by Gasteiger charge is 2.22. The van der Waals surface area contributed by atoms with E-state index in [1.165, 1.54) is 5.56 Å². The minimum absolute atomic E-state index is 0.0978. The normalized spacial score (nSPS) is 14.0. The van der Waals surface area contributed by atoms with E-state index in [1.54, 1.807) is 17.8 Å². The van der Waals surface area contributed by atoms with Gasteiger partial charge in [0, 0.05) is 76.9 Å².